The van der Waals surface area contributed by atoms with Gasteiger partial charge in [-0.2, -0.15) is 0 Å². The molecule has 2 aromatic carbocycles. The summed E-state index contributed by atoms with van der Waals surface area (Å²) >= 11 is 0. The number of hydrogen-bond acceptors (Lipinski definition) is 2. The number of ether oxygens (including phenoxy) is 1. The SMILES string of the molecule is CCC(C)N(Cc1cccc(OCc2ccccc2)c1)C(=O)CC(C)(C)C. The summed E-state index contributed by atoms with van der Waals surface area (Å²) < 4.78 is 5.94. The second-order valence-electron chi connectivity index (χ2n) is 8.44. The van der Waals surface area contributed by atoms with E-state index in [0.717, 1.165) is 23.3 Å². The number of amides is 1. The zero-order chi connectivity index (χ0) is 19.9. The number of carbonyl (C=O) groups excluding carboxylic acids is 1. The van der Waals surface area contributed by atoms with Crippen molar-refractivity contribution in [3.63, 3.8) is 0 Å². The normalized spacial score (nSPS) is 12.5. The van der Waals surface area contributed by atoms with Crippen LogP contribution in [0.5, 0.6) is 5.75 Å². The summed E-state index contributed by atoms with van der Waals surface area (Å²) in [6.07, 6.45) is 1.50. The lowest BCUT2D eigenvalue weighted by atomic mass is 9.91. The van der Waals surface area contributed by atoms with Crippen LogP contribution in [-0.2, 0) is 17.9 Å². The molecule has 0 heterocycles. The molecule has 0 radical (unpaired) electrons. The van der Waals surface area contributed by atoms with Crippen LogP contribution in [0.1, 0.15) is 58.6 Å². The van der Waals surface area contributed by atoms with Crippen LogP contribution in [0, 0.1) is 5.41 Å². The van der Waals surface area contributed by atoms with Crippen molar-refractivity contribution in [2.45, 2.75) is 66.7 Å². The highest BCUT2D eigenvalue weighted by Crippen LogP contribution is 2.23. The summed E-state index contributed by atoms with van der Waals surface area (Å²) in [4.78, 5) is 14.9. The van der Waals surface area contributed by atoms with Crippen molar-refractivity contribution in [1.29, 1.82) is 0 Å². The highest BCUT2D eigenvalue weighted by molar-refractivity contribution is 5.77. The van der Waals surface area contributed by atoms with Crippen LogP contribution in [0.3, 0.4) is 0 Å². The van der Waals surface area contributed by atoms with E-state index in [0.29, 0.717) is 19.6 Å². The third-order valence-electron chi connectivity index (χ3n) is 4.62. The van der Waals surface area contributed by atoms with Gasteiger partial charge in [0, 0.05) is 19.0 Å². The van der Waals surface area contributed by atoms with Gasteiger partial charge in [-0.1, -0.05) is 70.2 Å². The van der Waals surface area contributed by atoms with Gasteiger partial charge in [-0.05, 0) is 42.0 Å². The molecule has 0 aliphatic carbocycles. The molecular formula is C24H33NO2. The summed E-state index contributed by atoms with van der Waals surface area (Å²) in [7, 11) is 0. The Morgan fingerprint density at radius 1 is 1.04 bits per heavy atom. The van der Waals surface area contributed by atoms with Crippen molar-refractivity contribution >= 4 is 5.91 Å². The van der Waals surface area contributed by atoms with E-state index in [4.69, 9.17) is 4.74 Å². The molecule has 146 valence electrons. The van der Waals surface area contributed by atoms with Crippen LogP contribution in [0.15, 0.2) is 54.6 Å². The average molecular weight is 368 g/mol. The average Bonchev–Trinajstić information content (AvgIpc) is 2.63. The van der Waals surface area contributed by atoms with Crippen LogP contribution >= 0.6 is 0 Å². The molecule has 2 rings (SSSR count). The van der Waals surface area contributed by atoms with Crippen LogP contribution in [-0.4, -0.2) is 16.8 Å². The fourth-order valence-corrected chi connectivity index (χ4v) is 2.94. The smallest absolute Gasteiger partial charge is 0.223 e. The molecule has 3 heteroatoms. The molecule has 0 aliphatic heterocycles. The topological polar surface area (TPSA) is 29.5 Å². The predicted octanol–water partition coefficient (Wildman–Crippen LogP) is 5.83. The lowest BCUT2D eigenvalue weighted by Gasteiger charge is -2.31. The van der Waals surface area contributed by atoms with E-state index in [-0.39, 0.29) is 17.4 Å². The number of hydrogen-bond donors (Lipinski definition) is 0. The molecule has 27 heavy (non-hydrogen) atoms. The Labute approximate surface area is 164 Å². The van der Waals surface area contributed by atoms with E-state index in [9.17, 15) is 4.79 Å². The van der Waals surface area contributed by atoms with Gasteiger partial charge in [0.25, 0.3) is 0 Å². The van der Waals surface area contributed by atoms with Gasteiger partial charge in [0.1, 0.15) is 12.4 Å². The summed E-state index contributed by atoms with van der Waals surface area (Å²) in [6.45, 7) is 11.7. The molecule has 0 spiro atoms. The van der Waals surface area contributed by atoms with Crippen molar-refractivity contribution in [3.05, 3.63) is 65.7 Å². The van der Waals surface area contributed by atoms with Crippen molar-refractivity contribution < 1.29 is 9.53 Å². The third kappa shape index (κ3) is 7.09. The number of benzene rings is 2. The molecule has 0 saturated heterocycles. The molecule has 0 aromatic heterocycles. The maximum atomic E-state index is 12.9. The standard InChI is InChI=1S/C24H33NO2/c1-6-19(2)25(23(26)16-24(3,4)5)17-21-13-10-14-22(15-21)27-18-20-11-8-7-9-12-20/h7-15,19H,6,16-18H2,1-5H3. The largest absolute Gasteiger partial charge is 0.489 e. The van der Waals surface area contributed by atoms with Crippen LogP contribution in [0.25, 0.3) is 0 Å². The van der Waals surface area contributed by atoms with E-state index in [1.54, 1.807) is 0 Å². The van der Waals surface area contributed by atoms with Gasteiger partial charge in [0.15, 0.2) is 0 Å². The van der Waals surface area contributed by atoms with Gasteiger partial charge in [0.2, 0.25) is 5.91 Å². The molecular weight excluding hydrogens is 334 g/mol. The lowest BCUT2D eigenvalue weighted by molar-refractivity contribution is -0.135. The second kappa shape index (κ2) is 9.59. The first-order valence-corrected chi connectivity index (χ1v) is 9.83. The Balaban J connectivity index is 2.07. The number of rotatable bonds is 8. The molecule has 0 fully saturated rings. The number of carbonyl (C=O) groups is 1. The van der Waals surface area contributed by atoms with Crippen LogP contribution in [0.2, 0.25) is 0 Å². The molecule has 0 N–H and O–H groups in total. The predicted molar refractivity (Wildman–Crippen MR) is 112 cm³/mol. The van der Waals surface area contributed by atoms with Gasteiger partial charge in [-0.15, -0.1) is 0 Å². The maximum absolute atomic E-state index is 12.9. The van der Waals surface area contributed by atoms with Crippen molar-refractivity contribution in [1.82, 2.24) is 4.90 Å². The van der Waals surface area contributed by atoms with Gasteiger partial charge in [-0.3, -0.25) is 4.79 Å². The quantitative estimate of drug-likeness (QED) is 0.587. The summed E-state index contributed by atoms with van der Waals surface area (Å²) in [6, 6.07) is 18.4. The molecule has 0 bridgehead atoms. The Hall–Kier alpha value is -2.29. The Morgan fingerprint density at radius 2 is 1.70 bits per heavy atom. The molecule has 2 aromatic rings. The Morgan fingerprint density at radius 3 is 2.33 bits per heavy atom. The first-order chi connectivity index (χ1) is 12.8. The minimum absolute atomic E-state index is 0.0105. The highest BCUT2D eigenvalue weighted by Gasteiger charge is 2.24. The first kappa shape index (κ1) is 21.0. The van der Waals surface area contributed by atoms with Gasteiger partial charge in [-0.25, -0.2) is 0 Å². The maximum Gasteiger partial charge on any atom is 0.223 e. The summed E-state index contributed by atoms with van der Waals surface area (Å²) in [5.74, 6) is 1.05. The monoisotopic (exact) mass is 367 g/mol. The molecule has 1 unspecified atom stereocenters. The summed E-state index contributed by atoms with van der Waals surface area (Å²) in [5, 5.41) is 0. The molecule has 3 nitrogen and oxygen atoms in total. The fourth-order valence-electron chi connectivity index (χ4n) is 2.94. The van der Waals surface area contributed by atoms with Crippen LogP contribution in [0.4, 0.5) is 0 Å². The molecule has 0 aliphatic rings. The van der Waals surface area contributed by atoms with E-state index >= 15 is 0 Å². The zero-order valence-corrected chi connectivity index (χ0v) is 17.4. The zero-order valence-electron chi connectivity index (χ0n) is 17.4. The fraction of sp³-hybridized carbons (Fsp3) is 0.458. The Kier molecular flexibility index (Phi) is 7.46. The second-order valence-corrected chi connectivity index (χ2v) is 8.44. The summed E-state index contributed by atoms with van der Waals surface area (Å²) in [5.41, 5.74) is 2.23. The molecule has 1 atom stereocenters. The Bertz CT molecular complexity index is 719. The van der Waals surface area contributed by atoms with Crippen LogP contribution < -0.4 is 4.74 Å². The van der Waals surface area contributed by atoms with Gasteiger partial charge in [0.05, 0.1) is 0 Å². The van der Waals surface area contributed by atoms with Crippen molar-refractivity contribution in [2.75, 3.05) is 0 Å². The van der Waals surface area contributed by atoms with E-state index < -0.39 is 0 Å². The minimum atomic E-state index is -0.0105. The molecule has 1 amide bonds. The van der Waals surface area contributed by atoms with E-state index in [1.165, 1.54) is 0 Å². The van der Waals surface area contributed by atoms with Crippen molar-refractivity contribution in [2.24, 2.45) is 5.41 Å². The van der Waals surface area contributed by atoms with E-state index in [1.807, 2.05) is 41.3 Å². The van der Waals surface area contributed by atoms with Gasteiger partial charge < -0.3 is 9.64 Å². The third-order valence-corrected chi connectivity index (χ3v) is 4.62. The highest BCUT2D eigenvalue weighted by atomic mass is 16.5. The molecule has 0 saturated carbocycles. The minimum Gasteiger partial charge on any atom is -0.489 e. The van der Waals surface area contributed by atoms with E-state index in [2.05, 4.69) is 52.8 Å². The first-order valence-electron chi connectivity index (χ1n) is 9.83. The van der Waals surface area contributed by atoms with Gasteiger partial charge >= 0.3 is 0 Å². The number of nitrogens with zero attached hydrogens (tertiary/aromatic N) is 1. The lowest BCUT2D eigenvalue weighted by Crippen LogP contribution is -2.39. The van der Waals surface area contributed by atoms with Crippen molar-refractivity contribution in [3.8, 4) is 5.75 Å².